The molecule has 1 aromatic heterocycles. The Hall–Kier alpha value is -1.04. The van der Waals surface area contributed by atoms with Gasteiger partial charge in [0.15, 0.2) is 0 Å². The van der Waals surface area contributed by atoms with Gasteiger partial charge in [-0.15, -0.1) is 0 Å². The molecule has 0 aliphatic rings. The van der Waals surface area contributed by atoms with Crippen molar-refractivity contribution in [3.8, 4) is 0 Å². The van der Waals surface area contributed by atoms with Crippen LogP contribution in [0.3, 0.4) is 0 Å². The van der Waals surface area contributed by atoms with Gasteiger partial charge in [0.2, 0.25) is 0 Å². The average molecular weight is 266 g/mol. The summed E-state index contributed by atoms with van der Waals surface area (Å²) >= 11 is 2.94. The fraction of sp³-hybridized carbons (Fsp3) is 0.250. The summed E-state index contributed by atoms with van der Waals surface area (Å²) < 4.78 is 24.4. The monoisotopic (exact) mass is 265 g/mol. The minimum atomic E-state index is -2.65. The van der Waals surface area contributed by atoms with Gasteiger partial charge in [0, 0.05) is 0 Å². The van der Waals surface area contributed by atoms with Crippen LogP contribution in [0.2, 0.25) is 0 Å². The zero-order valence-electron chi connectivity index (χ0n) is 6.88. The lowest BCUT2D eigenvalue weighted by Crippen LogP contribution is -2.03. The highest BCUT2D eigenvalue weighted by Gasteiger charge is 2.12. The number of aliphatic carboxylic acids is 1. The third kappa shape index (κ3) is 2.73. The molecule has 0 saturated carbocycles. The summed E-state index contributed by atoms with van der Waals surface area (Å²) in [6.07, 6.45) is -2.89. The Morgan fingerprint density at radius 3 is 2.64 bits per heavy atom. The van der Waals surface area contributed by atoms with E-state index < -0.39 is 12.4 Å². The molecular formula is C8H6BrF2NO2. The summed E-state index contributed by atoms with van der Waals surface area (Å²) in [5.74, 6) is -1.03. The van der Waals surface area contributed by atoms with Crippen molar-refractivity contribution in [1.29, 1.82) is 0 Å². The van der Waals surface area contributed by atoms with Gasteiger partial charge in [-0.1, -0.05) is 6.07 Å². The van der Waals surface area contributed by atoms with Gasteiger partial charge in [-0.25, -0.2) is 13.8 Å². The maximum absolute atomic E-state index is 12.1. The lowest BCUT2D eigenvalue weighted by molar-refractivity contribution is -0.136. The van der Waals surface area contributed by atoms with Gasteiger partial charge >= 0.3 is 5.97 Å². The third-order valence-electron chi connectivity index (χ3n) is 1.51. The fourth-order valence-corrected chi connectivity index (χ4v) is 1.37. The summed E-state index contributed by atoms with van der Waals surface area (Å²) in [5.41, 5.74) is 0.00733. The van der Waals surface area contributed by atoms with Gasteiger partial charge in [0.05, 0.1) is 6.42 Å². The van der Waals surface area contributed by atoms with Crippen LogP contribution in [0.5, 0.6) is 0 Å². The maximum Gasteiger partial charge on any atom is 0.307 e. The van der Waals surface area contributed by atoms with E-state index in [-0.39, 0.29) is 16.7 Å². The fourth-order valence-electron chi connectivity index (χ4n) is 0.893. The lowest BCUT2D eigenvalue weighted by Gasteiger charge is -2.03. The first-order valence-corrected chi connectivity index (χ1v) is 4.45. The molecule has 1 rings (SSSR count). The molecule has 0 bridgehead atoms. The van der Waals surface area contributed by atoms with E-state index in [1.165, 1.54) is 6.07 Å². The predicted molar refractivity (Wildman–Crippen MR) is 48.2 cm³/mol. The molecule has 6 heteroatoms. The highest BCUT2D eigenvalue weighted by molar-refractivity contribution is 9.10. The molecule has 1 aromatic rings. The van der Waals surface area contributed by atoms with Gasteiger partial charge in [0.25, 0.3) is 6.43 Å². The molecule has 0 aliphatic carbocycles. The van der Waals surface area contributed by atoms with Gasteiger partial charge in [-0.05, 0) is 27.6 Å². The van der Waals surface area contributed by atoms with Gasteiger partial charge in [-0.3, -0.25) is 4.79 Å². The van der Waals surface area contributed by atoms with E-state index in [1.807, 2.05) is 0 Å². The zero-order valence-corrected chi connectivity index (χ0v) is 8.46. The second-order valence-corrected chi connectivity index (χ2v) is 3.31. The number of rotatable bonds is 3. The Bertz CT molecular complexity index is 357. The standard InChI is InChI=1S/C8H6BrF2NO2/c9-7-4(3-6(13)14)1-2-5(12-7)8(10)11/h1-2,8H,3H2,(H,13,14). The van der Waals surface area contributed by atoms with Crippen molar-refractivity contribution < 1.29 is 18.7 Å². The summed E-state index contributed by atoms with van der Waals surface area (Å²) in [5, 5.41) is 8.47. The Labute approximate surface area is 86.9 Å². The van der Waals surface area contributed by atoms with Crippen molar-refractivity contribution in [2.45, 2.75) is 12.8 Å². The number of carboxylic acids is 1. The first kappa shape index (κ1) is 11.0. The van der Waals surface area contributed by atoms with E-state index in [0.29, 0.717) is 5.56 Å². The van der Waals surface area contributed by atoms with Crippen molar-refractivity contribution in [1.82, 2.24) is 4.98 Å². The van der Waals surface area contributed by atoms with Crippen molar-refractivity contribution in [3.63, 3.8) is 0 Å². The van der Waals surface area contributed by atoms with E-state index >= 15 is 0 Å². The van der Waals surface area contributed by atoms with Crippen molar-refractivity contribution in [2.24, 2.45) is 0 Å². The molecule has 1 heterocycles. The number of hydrogen-bond donors (Lipinski definition) is 1. The first-order valence-electron chi connectivity index (χ1n) is 3.66. The van der Waals surface area contributed by atoms with Crippen LogP contribution in [0.25, 0.3) is 0 Å². The molecule has 0 saturated heterocycles. The molecule has 0 radical (unpaired) electrons. The van der Waals surface area contributed by atoms with Crippen molar-refractivity contribution in [3.05, 3.63) is 28.0 Å². The molecule has 1 N–H and O–H groups in total. The molecule has 3 nitrogen and oxygen atoms in total. The number of pyridine rings is 1. The van der Waals surface area contributed by atoms with E-state index in [9.17, 15) is 13.6 Å². The zero-order chi connectivity index (χ0) is 10.7. The van der Waals surface area contributed by atoms with Crippen LogP contribution in [0, 0.1) is 0 Å². The Kier molecular flexibility index (Phi) is 3.51. The van der Waals surface area contributed by atoms with E-state index in [1.54, 1.807) is 0 Å². The molecule has 14 heavy (non-hydrogen) atoms. The van der Waals surface area contributed by atoms with Crippen LogP contribution in [0.15, 0.2) is 16.7 Å². The van der Waals surface area contributed by atoms with E-state index in [0.717, 1.165) is 6.07 Å². The SMILES string of the molecule is O=C(O)Cc1ccc(C(F)F)nc1Br. The summed E-state index contributed by atoms with van der Waals surface area (Å²) in [7, 11) is 0. The Morgan fingerprint density at radius 2 is 2.21 bits per heavy atom. The molecular weight excluding hydrogens is 260 g/mol. The van der Waals surface area contributed by atoms with E-state index in [2.05, 4.69) is 20.9 Å². The minimum Gasteiger partial charge on any atom is -0.481 e. The number of hydrogen-bond acceptors (Lipinski definition) is 2. The minimum absolute atomic E-state index is 0.151. The highest BCUT2D eigenvalue weighted by atomic mass is 79.9. The molecule has 0 atom stereocenters. The van der Waals surface area contributed by atoms with Gasteiger partial charge in [-0.2, -0.15) is 0 Å². The Balaban J connectivity index is 2.95. The van der Waals surface area contributed by atoms with Crippen LogP contribution in [-0.4, -0.2) is 16.1 Å². The largest absolute Gasteiger partial charge is 0.481 e. The van der Waals surface area contributed by atoms with Crippen LogP contribution in [-0.2, 0) is 11.2 Å². The second-order valence-electron chi connectivity index (χ2n) is 2.56. The molecule has 0 spiro atoms. The first-order chi connectivity index (χ1) is 6.50. The topological polar surface area (TPSA) is 50.2 Å². The number of carboxylic acid groups (broad SMARTS) is 1. The normalized spacial score (nSPS) is 10.6. The van der Waals surface area contributed by atoms with Crippen LogP contribution in [0.4, 0.5) is 8.78 Å². The molecule has 0 aromatic carbocycles. The van der Waals surface area contributed by atoms with Crippen LogP contribution < -0.4 is 0 Å². The summed E-state index contributed by atoms with van der Waals surface area (Å²) in [4.78, 5) is 13.9. The second kappa shape index (κ2) is 4.45. The molecule has 0 unspecified atom stereocenters. The molecule has 0 fully saturated rings. The quantitative estimate of drug-likeness (QED) is 0.854. The summed E-state index contributed by atoms with van der Waals surface area (Å²) in [6.45, 7) is 0. The average Bonchev–Trinajstić information content (AvgIpc) is 2.07. The predicted octanol–water partition coefficient (Wildman–Crippen LogP) is 2.41. The highest BCUT2D eigenvalue weighted by Crippen LogP contribution is 2.21. The van der Waals surface area contributed by atoms with Crippen molar-refractivity contribution in [2.75, 3.05) is 0 Å². The number of carbonyl (C=O) groups is 1. The lowest BCUT2D eigenvalue weighted by atomic mass is 10.2. The van der Waals surface area contributed by atoms with Crippen LogP contribution >= 0.6 is 15.9 Å². The molecule has 0 aliphatic heterocycles. The third-order valence-corrected chi connectivity index (χ3v) is 2.20. The summed E-state index contributed by atoms with van der Waals surface area (Å²) in [6, 6.07) is 2.44. The smallest absolute Gasteiger partial charge is 0.307 e. The number of halogens is 3. The van der Waals surface area contributed by atoms with Crippen molar-refractivity contribution >= 4 is 21.9 Å². The number of alkyl halides is 2. The Morgan fingerprint density at radius 1 is 1.57 bits per heavy atom. The van der Waals surface area contributed by atoms with Gasteiger partial charge in [0.1, 0.15) is 10.3 Å². The molecule has 0 amide bonds. The molecule has 76 valence electrons. The maximum atomic E-state index is 12.1. The van der Waals surface area contributed by atoms with Gasteiger partial charge < -0.3 is 5.11 Å². The number of aromatic nitrogens is 1. The van der Waals surface area contributed by atoms with Crippen LogP contribution in [0.1, 0.15) is 17.7 Å². The number of nitrogens with zero attached hydrogens (tertiary/aromatic N) is 1. The van der Waals surface area contributed by atoms with E-state index in [4.69, 9.17) is 5.11 Å².